The number of hydrazine groups is 1. The molecule has 2 aromatic carbocycles. The van der Waals surface area contributed by atoms with Gasteiger partial charge in [-0.3, -0.25) is 4.79 Å². The van der Waals surface area contributed by atoms with Crippen molar-refractivity contribution in [3.63, 3.8) is 0 Å². The van der Waals surface area contributed by atoms with Gasteiger partial charge in [-0.25, -0.2) is 22.6 Å². The summed E-state index contributed by atoms with van der Waals surface area (Å²) in [6, 6.07) is 12.6. The van der Waals surface area contributed by atoms with Crippen LogP contribution in [0, 0.1) is 18.0 Å². The topological polar surface area (TPSA) is 167 Å². The average molecular weight is 683 g/mol. The minimum Gasteiger partial charge on any atom is -0.569 e. The van der Waals surface area contributed by atoms with Crippen molar-refractivity contribution in [2.45, 2.75) is 57.2 Å². The van der Waals surface area contributed by atoms with Gasteiger partial charge >= 0.3 is 12.3 Å². The molecule has 14 nitrogen and oxygen atoms in total. The standard InChI is InChI=1S/C29H33F3N6O8S/c1-19-5-7-20(8-6-19)24-17-25(29(30,31)32)33-37(24)22-9-11-23(12-10-22)47(42,43)34-26(39)21-13-15-36(16-14-21)38(41)35-45-18-44-27(40)46-28(2,3)4/h5-12,17,21H,13-16,18H2,1-4H3,(H,34,39)/b38-35-. The second kappa shape index (κ2) is 13.9. The summed E-state index contributed by atoms with van der Waals surface area (Å²) in [4.78, 5) is 28.8. The van der Waals surface area contributed by atoms with E-state index in [1.807, 2.05) is 11.6 Å². The molecule has 1 aliphatic rings. The molecule has 1 aromatic heterocycles. The first-order valence-electron chi connectivity index (χ1n) is 14.3. The van der Waals surface area contributed by atoms with Gasteiger partial charge in [0.2, 0.25) is 11.2 Å². The van der Waals surface area contributed by atoms with E-state index >= 15 is 0 Å². The van der Waals surface area contributed by atoms with Crippen LogP contribution in [0.5, 0.6) is 0 Å². The lowest BCUT2D eigenvalue weighted by molar-refractivity contribution is -0.713. The lowest BCUT2D eigenvalue weighted by Gasteiger charge is -2.27. The van der Waals surface area contributed by atoms with Crippen molar-refractivity contribution >= 4 is 22.1 Å². The summed E-state index contributed by atoms with van der Waals surface area (Å²) in [6.07, 6.45) is -5.48. The van der Waals surface area contributed by atoms with Crippen molar-refractivity contribution in [1.29, 1.82) is 0 Å². The Morgan fingerprint density at radius 1 is 1.06 bits per heavy atom. The summed E-state index contributed by atoms with van der Waals surface area (Å²) in [6.45, 7) is 6.18. The molecule has 254 valence electrons. The number of hydrogen-bond donors (Lipinski definition) is 1. The van der Waals surface area contributed by atoms with E-state index in [4.69, 9.17) is 4.74 Å². The molecule has 0 bridgehead atoms. The molecule has 1 N–H and O–H groups in total. The van der Waals surface area contributed by atoms with E-state index in [0.717, 1.165) is 28.4 Å². The van der Waals surface area contributed by atoms with E-state index in [0.29, 0.717) is 5.56 Å². The predicted molar refractivity (Wildman–Crippen MR) is 158 cm³/mol. The van der Waals surface area contributed by atoms with Crippen molar-refractivity contribution in [3.05, 3.63) is 71.1 Å². The molecule has 3 aromatic rings. The van der Waals surface area contributed by atoms with Gasteiger partial charge < -0.3 is 19.5 Å². The summed E-state index contributed by atoms with van der Waals surface area (Å²) in [7, 11) is -4.34. The predicted octanol–water partition coefficient (Wildman–Crippen LogP) is 5.10. The van der Waals surface area contributed by atoms with Crippen LogP contribution in [0.2, 0.25) is 0 Å². The first-order valence-corrected chi connectivity index (χ1v) is 15.7. The molecule has 0 aliphatic carbocycles. The minimum atomic E-state index is -4.71. The second-order valence-corrected chi connectivity index (χ2v) is 13.3. The number of aromatic nitrogens is 2. The summed E-state index contributed by atoms with van der Waals surface area (Å²) >= 11 is 0. The highest BCUT2D eigenvalue weighted by molar-refractivity contribution is 7.90. The Hall–Kier alpha value is -4.87. The first-order chi connectivity index (χ1) is 21.9. The van der Waals surface area contributed by atoms with E-state index in [1.165, 1.54) is 17.1 Å². The Bertz CT molecular complexity index is 1710. The number of nitrogens with one attached hydrogen (secondary N) is 1. The Labute approximate surface area is 268 Å². The Kier molecular flexibility index (Phi) is 10.3. The molecular weight excluding hydrogens is 649 g/mol. The van der Waals surface area contributed by atoms with Crippen LogP contribution >= 0.6 is 0 Å². The molecular formula is C29H33F3N6O8S. The van der Waals surface area contributed by atoms with E-state index in [2.05, 4.69) is 20.0 Å². The molecule has 1 aliphatic heterocycles. The number of nitrogens with zero attached hydrogens (tertiary/aromatic N) is 5. The van der Waals surface area contributed by atoms with Crippen LogP contribution in [0.15, 0.2) is 64.8 Å². The van der Waals surface area contributed by atoms with Crippen molar-refractivity contribution in [2.75, 3.05) is 19.9 Å². The van der Waals surface area contributed by atoms with Gasteiger partial charge in [0, 0.05) is 11.5 Å². The molecule has 2 heterocycles. The number of carbonyl (C=O) groups excluding carboxylic acids is 2. The van der Waals surface area contributed by atoms with Crippen LogP contribution in [0.4, 0.5) is 18.0 Å². The van der Waals surface area contributed by atoms with Gasteiger partial charge in [-0.1, -0.05) is 29.8 Å². The molecule has 1 amide bonds. The molecule has 1 saturated heterocycles. The fourth-order valence-electron chi connectivity index (χ4n) is 4.47. The number of piperidine rings is 1. The number of rotatable bonds is 9. The number of ether oxygens (including phenoxy) is 2. The van der Waals surface area contributed by atoms with Crippen molar-refractivity contribution in [1.82, 2.24) is 19.5 Å². The third-order valence-corrected chi connectivity index (χ3v) is 8.17. The summed E-state index contributed by atoms with van der Waals surface area (Å²) < 4.78 is 79.2. The number of sulfonamides is 1. The van der Waals surface area contributed by atoms with Crippen LogP contribution in [-0.4, -0.2) is 65.7 Å². The molecule has 0 atom stereocenters. The Morgan fingerprint density at radius 3 is 2.26 bits per heavy atom. The molecule has 47 heavy (non-hydrogen) atoms. The Balaban J connectivity index is 1.35. The van der Waals surface area contributed by atoms with Gasteiger partial charge in [0.05, 0.1) is 34.3 Å². The van der Waals surface area contributed by atoms with Gasteiger partial charge in [0.15, 0.2) is 5.69 Å². The molecule has 0 unspecified atom stereocenters. The number of carbonyl (C=O) groups is 2. The zero-order chi connectivity index (χ0) is 34.6. The number of aryl methyl sites for hydroxylation is 1. The van der Waals surface area contributed by atoms with Gasteiger partial charge in [-0.2, -0.15) is 18.3 Å². The first kappa shape index (κ1) is 35.0. The molecule has 0 spiro atoms. The van der Waals surface area contributed by atoms with Gasteiger partial charge in [-0.05, 0) is 70.9 Å². The number of alkyl halides is 3. The number of hydrogen-bond acceptors (Lipinski definition) is 10. The number of halogens is 3. The third kappa shape index (κ3) is 9.34. The molecule has 0 saturated carbocycles. The second-order valence-electron chi connectivity index (χ2n) is 11.6. The van der Waals surface area contributed by atoms with Crippen molar-refractivity contribution in [3.8, 4) is 16.9 Å². The van der Waals surface area contributed by atoms with E-state index in [1.54, 1.807) is 45.0 Å². The molecule has 4 rings (SSSR count). The third-order valence-electron chi connectivity index (χ3n) is 6.80. The lowest BCUT2D eigenvalue weighted by atomic mass is 9.97. The highest BCUT2D eigenvalue weighted by Gasteiger charge is 2.36. The number of amides is 1. The maximum absolute atomic E-state index is 13.5. The molecule has 1 fully saturated rings. The summed E-state index contributed by atoms with van der Waals surface area (Å²) in [5.41, 5.74) is -0.187. The lowest BCUT2D eigenvalue weighted by Crippen LogP contribution is -2.44. The van der Waals surface area contributed by atoms with Crippen LogP contribution < -0.4 is 4.72 Å². The monoisotopic (exact) mass is 682 g/mol. The summed E-state index contributed by atoms with van der Waals surface area (Å²) in [5, 5.41) is 20.4. The number of benzene rings is 2. The maximum Gasteiger partial charge on any atom is 0.511 e. The highest BCUT2D eigenvalue weighted by Crippen LogP contribution is 2.33. The Morgan fingerprint density at radius 2 is 1.68 bits per heavy atom. The normalized spacial score (nSPS) is 14.9. The van der Waals surface area contributed by atoms with Crippen molar-refractivity contribution < 1.29 is 50.5 Å². The smallest absolute Gasteiger partial charge is 0.511 e. The maximum atomic E-state index is 13.5. The van der Waals surface area contributed by atoms with E-state index in [-0.39, 0.29) is 47.2 Å². The average Bonchev–Trinajstić information content (AvgIpc) is 3.45. The fraction of sp³-hybridized carbons (Fsp3) is 0.414. The van der Waals surface area contributed by atoms with E-state index < -0.39 is 52.3 Å². The van der Waals surface area contributed by atoms with Crippen LogP contribution in [0.1, 0.15) is 44.9 Å². The largest absolute Gasteiger partial charge is 0.569 e. The molecule has 18 heteroatoms. The van der Waals surface area contributed by atoms with E-state index in [9.17, 15) is 36.4 Å². The zero-order valence-electron chi connectivity index (χ0n) is 25.9. The van der Waals surface area contributed by atoms with Gasteiger partial charge in [0.1, 0.15) is 5.60 Å². The highest BCUT2D eigenvalue weighted by atomic mass is 32.2. The molecule has 0 radical (unpaired) electrons. The zero-order valence-corrected chi connectivity index (χ0v) is 26.7. The fourth-order valence-corrected chi connectivity index (χ4v) is 5.51. The van der Waals surface area contributed by atoms with Crippen LogP contribution in [-0.2, 0) is 35.3 Å². The SMILES string of the molecule is Cc1ccc(-c2cc(C(F)(F)F)nn2-c2ccc(S(=O)(=O)NC(=O)C3CCN(/[N+]([O-])=N/OCOC(=O)OC(C)(C)C)CC3)cc2)cc1. The van der Waals surface area contributed by atoms with Gasteiger partial charge in [-0.15, -0.1) is 5.01 Å². The van der Waals surface area contributed by atoms with Crippen molar-refractivity contribution in [2.24, 2.45) is 11.2 Å². The quantitative estimate of drug-likeness (QED) is 0.0801. The minimum absolute atomic E-state index is 0.0449. The summed E-state index contributed by atoms with van der Waals surface area (Å²) in [5.74, 6) is -1.53. The van der Waals surface area contributed by atoms with Gasteiger partial charge in [0.25, 0.3) is 16.8 Å². The van der Waals surface area contributed by atoms with Crippen LogP contribution in [0.3, 0.4) is 0 Å². The van der Waals surface area contributed by atoms with Crippen LogP contribution in [0.25, 0.3) is 16.9 Å².